The predicted octanol–water partition coefficient (Wildman–Crippen LogP) is 3.67. The molecule has 1 aromatic heterocycles. The van der Waals surface area contributed by atoms with Gasteiger partial charge in [-0.25, -0.2) is 9.18 Å². The van der Waals surface area contributed by atoms with Crippen molar-refractivity contribution in [2.75, 3.05) is 25.6 Å². The van der Waals surface area contributed by atoms with E-state index in [-0.39, 0.29) is 24.8 Å². The fourth-order valence-electron chi connectivity index (χ4n) is 5.77. The van der Waals surface area contributed by atoms with E-state index in [2.05, 4.69) is 10.6 Å². The molecule has 1 amide bonds. The van der Waals surface area contributed by atoms with Crippen LogP contribution in [0.15, 0.2) is 64.3 Å². The maximum Gasteiger partial charge on any atom is 0.330 e. The number of aromatic nitrogens is 2. The van der Waals surface area contributed by atoms with Gasteiger partial charge in [-0.15, -0.1) is 0 Å². The lowest BCUT2D eigenvalue weighted by Crippen LogP contribution is -2.46. The molecule has 0 unspecified atom stereocenters. The molecule has 1 aliphatic rings. The van der Waals surface area contributed by atoms with Crippen LogP contribution < -0.4 is 26.6 Å². The summed E-state index contributed by atoms with van der Waals surface area (Å²) in [5, 5.41) is 16.3. The zero-order valence-electron chi connectivity index (χ0n) is 25.9. The number of methoxy groups -OCH3 is 1. The van der Waals surface area contributed by atoms with Crippen LogP contribution in [0.4, 0.5) is 10.1 Å². The molecule has 2 heterocycles. The first-order valence-electron chi connectivity index (χ1n) is 14.6. The number of aliphatic hydroxyl groups excluding tert-OH is 1. The van der Waals surface area contributed by atoms with Gasteiger partial charge in [0, 0.05) is 50.7 Å². The summed E-state index contributed by atoms with van der Waals surface area (Å²) in [6.45, 7) is 4.80. The van der Waals surface area contributed by atoms with Crippen molar-refractivity contribution in [2.45, 2.75) is 39.0 Å². The second kappa shape index (κ2) is 13.2. The second-order valence-electron chi connectivity index (χ2n) is 11.3. The monoisotopic (exact) mass is 616 g/mol. The number of benzene rings is 3. The molecule has 45 heavy (non-hydrogen) atoms. The number of amides is 1. The minimum atomic E-state index is -0.682. The molecule has 10 nitrogen and oxygen atoms in total. The maximum absolute atomic E-state index is 15.6. The fraction of sp³-hybridized carbons (Fsp3) is 0.324. The van der Waals surface area contributed by atoms with Crippen molar-refractivity contribution in [3.8, 4) is 28.0 Å². The van der Waals surface area contributed by atoms with Crippen molar-refractivity contribution >= 4 is 11.6 Å². The van der Waals surface area contributed by atoms with Crippen LogP contribution in [0.2, 0.25) is 0 Å². The summed E-state index contributed by atoms with van der Waals surface area (Å²) in [4.78, 5) is 37.8. The molecule has 0 saturated carbocycles. The number of anilines is 1. The van der Waals surface area contributed by atoms with Crippen LogP contribution >= 0.6 is 0 Å². The number of hydrogen-bond donors (Lipinski definition) is 3. The van der Waals surface area contributed by atoms with Crippen LogP contribution in [-0.2, 0) is 25.4 Å². The Morgan fingerprint density at radius 1 is 1.07 bits per heavy atom. The average Bonchev–Trinajstić information content (AvgIpc) is 3.02. The molecule has 0 radical (unpaired) electrons. The van der Waals surface area contributed by atoms with E-state index in [9.17, 15) is 19.5 Å². The Labute approximate surface area is 260 Å². The van der Waals surface area contributed by atoms with Gasteiger partial charge in [0.2, 0.25) is 0 Å². The Balaban J connectivity index is 1.45. The van der Waals surface area contributed by atoms with Crippen molar-refractivity contribution < 1.29 is 23.8 Å². The number of hydrogen-bond acceptors (Lipinski definition) is 7. The van der Waals surface area contributed by atoms with Gasteiger partial charge in [0.1, 0.15) is 17.1 Å². The summed E-state index contributed by atoms with van der Waals surface area (Å²) >= 11 is 0. The number of carbonyl (C=O) groups is 1. The number of rotatable bonds is 8. The van der Waals surface area contributed by atoms with E-state index >= 15 is 4.39 Å². The molecule has 5 rings (SSSR count). The van der Waals surface area contributed by atoms with E-state index in [1.807, 2.05) is 50.2 Å². The molecule has 1 aliphatic heterocycles. The lowest BCUT2D eigenvalue weighted by molar-refractivity contribution is -0.0281. The molecule has 3 aromatic carbocycles. The van der Waals surface area contributed by atoms with Gasteiger partial charge in [-0.1, -0.05) is 30.3 Å². The number of nitrogens with one attached hydrogen (secondary N) is 2. The summed E-state index contributed by atoms with van der Waals surface area (Å²) in [5.74, 6) is -0.650. The second-order valence-corrected chi connectivity index (χ2v) is 11.3. The van der Waals surface area contributed by atoms with Gasteiger partial charge < -0.3 is 29.8 Å². The number of nitrogens with zero attached hydrogens (tertiary/aromatic N) is 2. The molecule has 0 aliphatic carbocycles. The van der Waals surface area contributed by atoms with Gasteiger partial charge in [-0.2, -0.15) is 0 Å². The molecule has 11 heteroatoms. The topological polar surface area (TPSA) is 124 Å². The highest BCUT2D eigenvalue weighted by atomic mass is 19.1. The average molecular weight is 617 g/mol. The van der Waals surface area contributed by atoms with Crippen molar-refractivity contribution in [3.63, 3.8) is 0 Å². The van der Waals surface area contributed by atoms with Crippen LogP contribution in [0, 0.1) is 19.7 Å². The SMILES string of the molecule is COc1cc(-c2cccc(-c3cccc(NC(=O)c4cn(C)c(=O)n(C)c4=O)c3C)c2C)cc(F)c1CN[C@H]1CCOC[C@@H]1O. The molecular formula is C34H37FN4O6. The van der Waals surface area contributed by atoms with Crippen LogP contribution in [0.1, 0.15) is 33.5 Å². The van der Waals surface area contributed by atoms with Crippen LogP contribution in [0.3, 0.4) is 0 Å². The highest BCUT2D eigenvalue weighted by Crippen LogP contribution is 2.37. The Kier molecular flexibility index (Phi) is 9.33. The summed E-state index contributed by atoms with van der Waals surface area (Å²) in [6.07, 6.45) is 1.20. The van der Waals surface area contributed by atoms with Crippen molar-refractivity contribution in [3.05, 3.63) is 104 Å². The zero-order valence-corrected chi connectivity index (χ0v) is 25.9. The largest absolute Gasteiger partial charge is 0.496 e. The minimum absolute atomic E-state index is 0.152. The molecule has 1 saturated heterocycles. The Morgan fingerprint density at radius 2 is 1.76 bits per heavy atom. The maximum atomic E-state index is 15.6. The van der Waals surface area contributed by atoms with E-state index in [1.54, 1.807) is 6.07 Å². The fourth-order valence-corrected chi connectivity index (χ4v) is 5.77. The summed E-state index contributed by atoms with van der Waals surface area (Å²) in [5.41, 5.74) is 4.39. The Morgan fingerprint density at radius 3 is 2.47 bits per heavy atom. The smallest absolute Gasteiger partial charge is 0.330 e. The first kappa shape index (κ1) is 31.8. The quantitative estimate of drug-likeness (QED) is 0.276. The molecule has 0 spiro atoms. The van der Waals surface area contributed by atoms with Gasteiger partial charge in [0.25, 0.3) is 11.5 Å². The van der Waals surface area contributed by atoms with Gasteiger partial charge in [-0.05, 0) is 71.8 Å². The number of carbonyl (C=O) groups excluding carboxylic acids is 1. The lowest BCUT2D eigenvalue weighted by atomic mass is 9.90. The number of ether oxygens (including phenoxy) is 2. The van der Waals surface area contributed by atoms with E-state index in [4.69, 9.17) is 9.47 Å². The molecule has 3 N–H and O–H groups in total. The van der Waals surface area contributed by atoms with Crippen LogP contribution in [0.5, 0.6) is 5.75 Å². The van der Waals surface area contributed by atoms with Gasteiger partial charge in [0.05, 0.1) is 19.8 Å². The van der Waals surface area contributed by atoms with Crippen molar-refractivity contribution in [1.82, 2.24) is 14.5 Å². The third-order valence-electron chi connectivity index (χ3n) is 8.45. The van der Waals surface area contributed by atoms with Crippen molar-refractivity contribution in [1.29, 1.82) is 0 Å². The first-order valence-corrected chi connectivity index (χ1v) is 14.6. The predicted molar refractivity (Wildman–Crippen MR) is 170 cm³/mol. The summed E-state index contributed by atoms with van der Waals surface area (Å²) < 4.78 is 28.5. The highest BCUT2D eigenvalue weighted by molar-refractivity contribution is 6.04. The Bertz CT molecular complexity index is 1880. The normalized spacial score (nSPS) is 16.4. The lowest BCUT2D eigenvalue weighted by Gasteiger charge is -2.29. The molecule has 0 bridgehead atoms. The summed E-state index contributed by atoms with van der Waals surface area (Å²) in [6, 6.07) is 14.4. The van der Waals surface area contributed by atoms with E-state index < -0.39 is 29.1 Å². The van der Waals surface area contributed by atoms with E-state index in [0.717, 1.165) is 32.4 Å². The first-order chi connectivity index (χ1) is 21.5. The van der Waals surface area contributed by atoms with Crippen molar-refractivity contribution in [2.24, 2.45) is 14.1 Å². The zero-order chi connectivity index (χ0) is 32.4. The van der Waals surface area contributed by atoms with Crippen LogP contribution in [-0.4, -0.2) is 52.6 Å². The minimum Gasteiger partial charge on any atom is -0.496 e. The molecule has 4 aromatic rings. The van der Waals surface area contributed by atoms with E-state index in [0.29, 0.717) is 35.6 Å². The van der Waals surface area contributed by atoms with Gasteiger partial charge in [0.15, 0.2) is 0 Å². The molecular weight excluding hydrogens is 579 g/mol. The van der Waals surface area contributed by atoms with E-state index in [1.165, 1.54) is 38.0 Å². The van der Waals surface area contributed by atoms with Gasteiger partial charge in [-0.3, -0.25) is 14.2 Å². The van der Waals surface area contributed by atoms with Gasteiger partial charge >= 0.3 is 5.69 Å². The third kappa shape index (κ3) is 6.32. The van der Waals surface area contributed by atoms with Crippen LogP contribution in [0.25, 0.3) is 22.3 Å². The highest BCUT2D eigenvalue weighted by Gasteiger charge is 2.25. The number of halogens is 1. The molecule has 2 atom stereocenters. The standard InChI is InChI=1S/C34H37FN4O6/c1-19-22(21-14-27(35)25(31(15-21)44-5)16-36-29-12-13-45-18-30(29)40)8-6-9-23(19)24-10-7-11-28(20(24)2)37-32(41)26-17-38(3)34(43)39(4)33(26)42/h6-11,14-15,17,29-30,36,40H,12-13,16,18H2,1-5H3,(H,37,41)/t29-,30-/m0/s1. The molecule has 1 fully saturated rings. The Hall–Kier alpha value is -4.58. The third-order valence-corrected chi connectivity index (χ3v) is 8.45. The summed E-state index contributed by atoms with van der Waals surface area (Å²) in [7, 11) is 4.31. The molecule has 236 valence electrons. The number of aliphatic hydroxyl groups is 1. The number of aryl methyl sites for hydroxylation is 1.